The van der Waals surface area contributed by atoms with Crippen molar-refractivity contribution in [3.05, 3.63) is 34.9 Å². The Morgan fingerprint density at radius 3 is 2.39 bits per heavy atom. The van der Waals surface area contributed by atoms with Gasteiger partial charge in [-0.05, 0) is 68.8 Å². The first-order valence-electron chi connectivity index (χ1n) is 8.77. The maximum atomic E-state index is 12.6. The molecule has 4 heteroatoms. The number of aliphatic carboxylic acids is 1. The fourth-order valence-corrected chi connectivity index (χ4v) is 3.80. The number of likely N-dealkylation sites (tertiary alicyclic amines) is 1. The predicted octanol–water partition coefficient (Wildman–Crippen LogP) is 3.08. The van der Waals surface area contributed by atoms with E-state index < -0.39 is 12.0 Å². The highest BCUT2D eigenvalue weighted by Gasteiger charge is 2.29. The Morgan fingerprint density at radius 2 is 1.70 bits per heavy atom. The molecule has 1 aromatic rings. The van der Waals surface area contributed by atoms with Crippen molar-refractivity contribution in [2.75, 3.05) is 13.1 Å². The molecule has 4 nitrogen and oxygen atoms in total. The number of rotatable bonds is 5. The SMILES string of the molecule is O=C(C[C@H](C(=O)O)N1CCCCC1)c1ccc2c(c1)CCCC2. The Labute approximate surface area is 137 Å². The van der Waals surface area contributed by atoms with Crippen molar-refractivity contribution in [2.24, 2.45) is 0 Å². The number of ketones is 1. The van der Waals surface area contributed by atoms with Crippen molar-refractivity contribution in [2.45, 2.75) is 57.4 Å². The van der Waals surface area contributed by atoms with Crippen LogP contribution in [0.1, 0.15) is 60.0 Å². The number of hydrogen-bond acceptors (Lipinski definition) is 3. The quantitative estimate of drug-likeness (QED) is 0.848. The second kappa shape index (κ2) is 7.26. The molecule has 1 fully saturated rings. The molecule has 0 saturated carbocycles. The Kier molecular flexibility index (Phi) is 5.11. The molecule has 0 aromatic heterocycles. The molecule has 0 radical (unpaired) electrons. The summed E-state index contributed by atoms with van der Waals surface area (Å²) in [4.78, 5) is 26.2. The molecule has 1 saturated heterocycles. The lowest BCUT2D eigenvalue weighted by atomic mass is 9.89. The fourth-order valence-electron chi connectivity index (χ4n) is 3.80. The van der Waals surface area contributed by atoms with Crippen LogP contribution in [0.25, 0.3) is 0 Å². The number of hydrogen-bond donors (Lipinski definition) is 1. The van der Waals surface area contributed by atoms with E-state index in [9.17, 15) is 14.7 Å². The molecule has 0 spiro atoms. The molecule has 1 heterocycles. The summed E-state index contributed by atoms with van der Waals surface area (Å²) in [6.07, 6.45) is 7.80. The molecule has 1 aliphatic carbocycles. The van der Waals surface area contributed by atoms with Gasteiger partial charge in [-0.2, -0.15) is 0 Å². The third kappa shape index (κ3) is 3.81. The van der Waals surface area contributed by atoms with Crippen molar-refractivity contribution in [3.63, 3.8) is 0 Å². The molecule has 1 aromatic carbocycles. The average Bonchev–Trinajstić information content (AvgIpc) is 2.59. The zero-order valence-electron chi connectivity index (χ0n) is 13.6. The Morgan fingerprint density at radius 1 is 1.00 bits per heavy atom. The van der Waals surface area contributed by atoms with E-state index in [1.807, 2.05) is 17.0 Å². The van der Waals surface area contributed by atoms with Gasteiger partial charge in [0.1, 0.15) is 6.04 Å². The highest BCUT2D eigenvalue weighted by Crippen LogP contribution is 2.24. The molecule has 1 aliphatic heterocycles. The van der Waals surface area contributed by atoms with Gasteiger partial charge in [-0.1, -0.05) is 18.6 Å². The Bertz CT molecular complexity index is 590. The number of carbonyl (C=O) groups excluding carboxylic acids is 1. The van der Waals surface area contributed by atoms with Gasteiger partial charge >= 0.3 is 5.97 Å². The van der Waals surface area contributed by atoms with E-state index in [2.05, 4.69) is 6.07 Å². The highest BCUT2D eigenvalue weighted by molar-refractivity contribution is 5.99. The van der Waals surface area contributed by atoms with Crippen LogP contribution in [-0.2, 0) is 17.6 Å². The van der Waals surface area contributed by atoms with E-state index in [-0.39, 0.29) is 12.2 Å². The van der Waals surface area contributed by atoms with Crippen molar-refractivity contribution in [1.29, 1.82) is 0 Å². The average molecular weight is 315 g/mol. The standard InChI is InChI=1S/C19H25NO3/c21-18(13-17(19(22)23)20-10-4-1-5-11-20)16-9-8-14-6-2-3-7-15(14)12-16/h8-9,12,17H,1-7,10-11,13H2,(H,22,23)/t17-/m1/s1. The lowest BCUT2D eigenvalue weighted by Gasteiger charge is -2.31. The summed E-state index contributed by atoms with van der Waals surface area (Å²) in [7, 11) is 0. The molecule has 124 valence electrons. The summed E-state index contributed by atoms with van der Waals surface area (Å²) in [6, 6.07) is 5.24. The molecule has 0 bridgehead atoms. The number of carboxylic acids is 1. The fraction of sp³-hybridized carbons (Fsp3) is 0.579. The van der Waals surface area contributed by atoms with Crippen molar-refractivity contribution in [1.82, 2.24) is 4.90 Å². The van der Waals surface area contributed by atoms with Crippen molar-refractivity contribution in [3.8, 4) is 0 Å². The zero-order chi connectivity index (χ0) is 16.2. The lowest BCUT2D eigenvalue weighted by molar-refractivity contribution is -0.143. The molecule has 0 unspecified atom stereocenters. The minimum atomic E-state index is -0.877. The van der Waals surface area contributed by atoms with Crippen molar-refractivity contribution >= 4 is 11.8 Å². The molecular formula is C19H25NO3. The first-order valence-corrected chi connectivity index (χ1v) is 8.77. The summed E-state index contributed by atoms with van der Waals surface area (Å²) in [5.74, 6) is -0.922. The van der Waals surface area contributed by atoms with Gasteiger partial charge in [0.05, 0.1) is 0 Å². The maximum Gasteiger partial charge on any atom is 0.321 e. The summed E-state index contributed by atoms with van der Waals surface area (Å²) < 4.78 is 0. The molecule has 0 amide bonds. The second-order valence-corrected chi connectivity index (χ2v) is 6.77. The van der Waals surface area contributed by atoms with E-state index in [1.165, 1.54) is 24.0 Å². The van der Waals surface area contributed by atoms with Crippen LogP contribution in [0, 0.1) is 0 Å². The molecular weight excluding hydrogens is 290 g/mol. The lowest BCUT2D eigenvalue weighted by Crippen LogP contribution is -2.45. The zero-order valence-corrected chi connectivity index (χ0v) is 13.6. The Balaban J connectivity index is 1.72. The Hall–Kier alpha value is -1.68. The van der Waals surface area contributed by atoms with Gasteiger partial charge < -0.3 is 5.11 Å². The van der Waals surface area contributed by atoms with E-state index in [1.54, 1.807) is 0 Å². The minimum Gasteiger partial charge on any atom is -0.480 e. The number of piperidine rings is 1. The monoisotopic (exact) mass is 315 g/mol. The molecule has 3 rings (SSSR count). The van der Waals surface area contributed by atoms with Gasteiger partial charge in [-0.3, -0.25) is 14.5 Å². The minimum absolute atomic E-state index is 0.0450. The van der Waals surface area contributed by atoms with Crippen LogP contribution in [0.3, 0.4) is 0 Å². The van der Waals surface area contributed by atoms with Crippen LogP contribution in [0.2, 0.25) is 0 Å². The van der Waals surface area contributed by atoms with Crippen LogP contribution in [0.5, 0.6) is 0 Å². The topological polar surface area (TPSA) is 57.6 Å². The normalized spacial score (nSPS) is 19.8. The highest BCUT2D eigenvalue weighted by atomic mass is 16.4. The van der Waals surface area contributed by atoms with Crippen LogP contribution in [-0.4, -0.2) is 40.9 Å². The third-order valence-electron chi connectivity index (χ3n) is 5.17. The number of benzene rings is 1. The van der Waals surface area contributed by atoms with Gasteiger partial charge in [-0.15, -0.1) is 0 Å². The smallest absolute Gasteiger partial charge is 0.321 e. The predicted molar refractivity (Wildman–Crippen MR) is 88.9 cm³/mol. The number of Topliss-reactive ketones (excluding diaryl/α,β-unsaturated/α-hetero) is 1. The number of nitrogens with zero attached hydrogens (tertiary/aromatic N) is 1. The molecule has 1 N–H and O–H groups in total. The van der Waals surface area contributed by atoms with Gasteiger partial charge in [-0.25, -0.2) is 0 Å². The van der Waals surface area contributed by atoms with Crippen LogP contribution < -0.4 is 0 Å². The van der Waals surface area contributed by atoms with Crippen molar-refractivity contribution < 1.29 is 14.7 Å². The van der Waals surface area contributed by atoms with E-state index in [4.69, 9.17) is 0 Å². The largest absolute Gasteiger partial charge is 0.480 e. The summed E-state index contributed by atoms with van der Waals surface area (Å²) in [5.41, 5.74) is 3.29. The second-order valence-electron chi connectivity index (χ2n) is 6.77. The first kappa shape index (κ1) is 16.2. The van der Waals surface area contributed by atoms with E-state index >= 15 is 0 Å². The van der Waals surface area contributed by atoms with Gasteiger partial charge in [0.25, 0.3) is 0 Å². The van der Waals surface area contributed by atoms with Crippen LogP contribution in [0.15, 0.2) is 18.2 Å². The summed E-state index contributed by atoms with van der Waals surface area (Å²) in [6.45, 7) is 1.57. The van der Waals surface area contributed by atoms with E-state index in [0.29, 0.717) is 5.56 Å². The molecule has 1 atom stereocenters. The maximum absolute atomic E-state index is 12.6. The first-order chi connectivity index (χ1) is 11.1. The number of carbonyl (C=O) groups is 2. The van der Waals surface area contributed by atoms with E-state index in [0.717, 1.165) is 45.2 Å². The van der Waals surface area contributed by atoms with Gasteiger partial charge in [0.2, 0.25) is 0 Å². The van der Waals surface area contributed by atoms with Crippen LogP contribution >= 0.6 is 0 Å². The summed E-state index contributed by atoms with van der Waals surface area (Å²) in [5, 5.41) is 9.52. The van der Waals surface area contributed by atoms with Gasteiger partial charge in [0, 0.05) is 12.0 Å². The molecule has 23 heavy (non-hydrogen) atoms. The molecule has 2 aliphatic rings. The summed E-state index contributed by atoms with van der Waals surface area (Å²) >= 11 is 0. The number of fused-ring (bicyclic) bond motifs is 1. The third-order valence-corrected chi connectivity index (χ3v) is 5.17. The van der Waals surface area contributed by atoms with Gasteiger partial charge in [0.15, 0.2) is 5.78 Å². The number of carboxylic acid groups (broad SMARTS) is 1. The van der Waals surface area contributed by atoms with Crippen LogP contribution in [0.4, 0.5) is 0 Å². The number of aryl methyl sites for hydroxylation is 2.